The van der Waals surface area contributed by atoms with Gasteiger partial charge in [-0.1, -0.05) is 29.6 Å². The van der Waals surface area contributed by atoms with Gasteiger partial charge in [0.05, 0.1) is 11.1 Å². The zero-order valence-corrected chi connectivity index (χ0v) is 23.3. The molecule has 40 heavy (non-hydrogen) atoms. The van der Waals surface area contributed by atoms with E-state index < -0.39 is 35.6 Å². The van der Waals surface area contributed by atoms with Crippen LogP contribution in [-0.2, 0) is 19.2 Å². The van der Waals surface area contributed by atoms with Gasteiger partial charge >= 0.3 is 0 Å². The third-order valence-electron chi connectivity index (χ3n) is 8.76. The van der Waals surface area contributed by atoms with E-state index in [1.807, 2.05) is 0 Å². The first kappa shape index (κ1) is 27.1. The number of benzene rings is 1. The molecule has 2 aliphatic heterocycles. The van der Waals surface area contributed by atoms with Gasteiger partial charge in [0.15, 0.2) is 0 Å². The van der Waals surface area contributed by atoms with Crippen LogP contribution < -0.4 is 16.0 Å². The number of aromatic nitrogens is 1. The number of nitrogens with zero attached hydrogens (tertiary/aromatic N) is 1. The zero-order chi connectivity index (χ0) is 28.1. The summed E-state index contributed by atoms with van der Waals surface area (Å²) in [7, 11) is 0. The van der Waals surface area contributed by atoms with Gasteiger partial charge < -0.3 is 25.8 Å². The molecular weight excluding hydrogens is 557 g/mol. The molecule has 1 aromatic heterocycles. The minimum absolute atomic E-state index is 0.0236. The highest BCUT2D eigenvalue weighted by molar-refractivity contribution is 6.39. The van der Waals surface area contributed by atoms with Crippen molar-refractivity contribution in [2.45, 2.75) is 63.1 Å². The monoisotopic (exact) mass is 587 g/mol. The lowest BCUT2D eigenvalue weighted by Crippen LogP contribution is -2.55. The molecule has 3 heterocycles. The van der Waals surface area contributed by atoms with E-state index in [2.05, 4.69) is 20.9 Å². The number of amides is 4. The normalized spacial score (nSPS) is 26.4. The summed E-state index contributed by atoms with van der Waals surface area (Å²) in [4.78, 5) is 70.5. The molecule has 2 aromatic rings. The molecule has 12 heteroatoms. The molecule has 1 aromatic carbocycles. The molecule has 4 fully saturated rings. The summed E-state index contributed by atoms with van der Waals surface area (Å²) in [5, 5.41) is 9.73. The smallest absolute Gasteiger partial charge is 0.289 e. The van der Waals surface area contributed by atoms with Crippen LogP contribution in [0.25, 0.3) is 10.9 Å². The fourth-order valence-electron chi connectivity index (χ4n) is 6.57. The van der Waals surface area contributed by atoms with Crippen molar-refractivity contribution in [2.75, 3.05) is 13.1 Å². The molecule has 5 atom stereocenters. The lowest BCUT2D eigenvalue weighted by atomic mass is 9.91. The van der Waals surface area contributed by atoms with Crippen molar-refractivity contribution in [3.05, 3.63) is 33.9 Å². The minimum Gasteiger partial charge on any atom is -0.356 e. The molecule has 4 aliphatic rings. The SMILES string of the molecule is O=C(NC1CC1)C(=O)[C@H](C[C@@H]1CCNC1=O)NC(=O)[C@@H]1[C@H]2CCC[C@H]2CN1C(=O)c1cc2c(Cl)cc(Cl)cc2[nH]1. The largest absolute Gasteiger partial charge is 0.356 e. The van der Waals surface area contributed by atoms with E-state index in [1.165, 1.54) is 0 Å². The van der Waals surface area contributed by atoms with Gasteiger partial charge in [-0.25, -0.2) is 0 Å². The highest BCUT2D eigenvalue weighted by atomic mass is 35.5. The lowest BCUT2D eigenvalue weighted by molar-refractivity contribution is -0.141. The van der Waals surface area contributed by atoms with Crippen molar-refractivity contribution >= 4 is 63.5 Å². The van der Waals surface area contributed by atoms with Crippen molar-refractivity contribution in [3.8, 4) is 0 Å². The second kappa shape index (κ2) is 10.7. The number of hydrogen-bond donors (Lipinski definition) is 4. The van der Waals surface area contributed by atoms with Crippen LogP contribution in [0.15, 0.2) is 18.2 Å². The summed E-state index contributed by atoms with van der Waals surface area (Å²) in [6.45, 7) is 0.901. The van der Waals surface area contributed by atoms with Gasteiger partial charge in [-0.3, -0.25) is 24.0 Å². The maximum absolute atomic E-state index is 13.9. The van der Waals surface area contributed by atoms with E-state index in [4.69, 9.17) is 23.2 Å². The van der Waals surface area contributed by atoms with Gasteiger partial charge in [0.25, 0.3) is 11.8 Å². The molecule has 4 amide bonds. The molecule has 10 nitrogen and oxygen atoms in total. The molecular formula is C28H31Cl2N5O5. The fourth-order valence-corrected chi connectivity index (χ4v) is 7.11. The Morgan fingerprint density at radius 2 is 1.85 bits per heavy atom. The number of carbonyl (C=O) groups is 5. The Hall–Kier alpha value is -3.11. The number of Topliss-reactive ketones (excluding diaryl/α,β-unsaturated/α-hetero) is 1. The number of fused-ring (bicyclic) bond motifs is 2. The van der Waals surface area contributed by atoms with Gasteiger partial charge in [-0.15, -0.1) is 0 Å². The van der Waals surface area contributed by atoms with Crippen LogP contribution in [0.3, 0.4) is 0 Å². The van der Waals surface area contributed by atoms with Crippen LogP contribution >= 0.6 is 23.2 Å². The summed E-state index contributed by atoms with van der Waals surface area (Å²) in [6.07, 6.45) is 4.82. The number of likely N-dealkylation sites (tertiary alicyclic amines) is 1. The van der Waals surface area contributed by atoms with Gasteiger partial charge in [0.1, 0.15) is 11.7 Å². The summed E-state index contributed by atoms with van der Waals surface area (Å²) < 4.78 is 0. The number of hydrogen-bond acceptors (Lipinski definition) is 5. The molecule has 0 radical (unpaired) electrons. The summed E-state index contributed by atoms with van der Waals surface area (Å²) >= 11 is 12.5. The number of nitrogens with one attached hydrogen (secondary N) is 4. The Morgan fingerprint density at radius 1 is 1.05 bits per heavy atom. The third-order valence-corrected chi connectivity index (χ3v) is 9.29. The van der Waals surface area contributed by atoms with Gasteiger partial charge in [0.2, 0.25) is 17.6 Å². The fraction of sp³-hybridized carbons (Fsp3) is 0.536. The molecule has 212 valence electrons. The molecule has 6 rings (SSSR count). The zero-order valence-electron chi connectivity index (χ0n) is 21.8. The second-order valence-electron chi connectivity index (χ2n) is 11.5. The Balaban J connectivity index is 1.25. The number of carbonyl (C=O) groups excluding carboxylic acids is 5. The van der Waals surface area contributed by atoms with Crippen LogP contribution in [0.4, 0.5) is 0 Å². The van der Waals surface area contributed by atoms with Crippen molar-refractivity contribution < 1.29 is 24.0 Å². The number of halogens is 2. The van der Waals surface area contributed by atoms with E-state index in [-0.39, 0.29) is 41.8 Å². The van der Waals surface area contributed by atoms with E-state index in [0.717, 1.165) is 32.1 Å². The average Bonchev–Trinajstić information content (AvgIpc) is 3.26. The van der Waals surface area contributed by atoms with Crippen LogP contribution in [0.2, 0.25) is 10.0 Å². The molecule has 2 aliphatic carbocycles. The first-order chi connectivity index (χ1) is 19.2. The van der Waals surface area contributed by atoms with Crippen LogP contribution in [-0.4, -0.2) is 70.5 Å². The Bertz CT molecular complexity index is 1400. The molecule has 2 saturated heterocycles. The van der Waals surface area contributed by atoms with Gasteiger partial charge in [-0.2, -0.15) is 0 Å². The Morgan fingerprint density at radius 3 is 2.58 bits per heavy atom. The predicted molar refractivity (Wildman–Crippen MR) is 148 cm³/mol. The molecule has 2 saturated carbocycles. The van der Waals surface area contributed by atoms with Crippen molar-refractivity contribution in [3.63, 3.8) is 0 Å². The van der Waals surface area contributed by atoms with Crippen LogP contribution in [0.1, 0.15) is 55.4 Å². The standard InChI is InChI=1S/C28H31Cl2N5O5/c29-15-9-19(30)18-11-22(33-20(18)10-15)28(40)35-12-14-2-1-3-17(14)23(35)26(38)34-21(8-13-6-7-31-25(13)37)24(36)27(39)32-16-4-5-16/h9-11,13-14,16-17,21,23,33H,1-8,12H2,(H,31,37)(H,32,39)(H,34,38)/t13-,14-,17-,21-,23-/m0/s1. The summed E-state index contributed by atoms with van der Waals surface area (Å²) in [5.74, 6) is -2.91. The van der Waals surface area contributed by atoms with Gasteiger partial charge in [-0.05, 0) is 68.6 Å². The summed E-state index contributed by atoms with van der Waals surface area (Å²) in [5.41, 5.74) is 0.902. The predicted octanol–water partition coefficient (Wildman–Crippen LogP) is 2.57. The Kier molecular flexibility index (Phi) is 7.25. The number of ketones is 1. The Labute approximate surface area is 240 Å². The van der Waals surface area contributed by atoms with E-state index in [0.29, 0.717) is 40.5 Å². The van der Waals surface area contributed by atoms with Crippen LogP contribution in [0, 0.1) is 17.8 Å². The van der Waals surface area contributed by atoms with Crippen molar-refractivity contribution in [1.82, 2.24) is 25.8 Å². The second-order valence-corrected chi connectivity index (χ2v) is 12.3. The van der Waals surface area contributed by atoms with E-state index in [9.17, 15) is 24.0 Å². The average molecular weight is 588 g/mol. The van der Waals surface area contributed by atoms with E-state index >= 15 is 0 Å². The molecule has 0 unspecified atom stereocenters. The molecule has 0 spiro atoms. The minimum atomic E-state index is -1.16. The van der Waals surface area contributed by atoms with Gasteiger partial charge in [0, 0.05) is 41.0 Å². The topological polar surface area (TPSA) is 140 Å². The first-order valence-corrected chi connectivity index (χ1v) is 14.7. The summed E-state index contributed by atoms with van der Waals surface area (Å²) in [6, 6.07) is 2.96. The lowest BCUT2D eigenvalue weighted by Gasteiger charge is -2.29. The third kappa shape index (κ3) is 5.19. The maximum atomic E-state index is 13.9. The molecule has 0 bridgehead atoms. The number of H-pyrrole nitrogens is 1. The number of rotatable bonds is 8. The van der Waals surface area contributed by atoms with E-state index in [1.54, 1.807) is 23.1 Å². The maximum Gasteiger partial charge on any atom is 0.289 e. The van der Waals surface area contributed by atoms with Crippen molar-refractivity contribution in [2.24, 2.45) is 17.8 Å². The highest BCUT2D eigenvalue weighted by Gasteiger charge is 2.50. The highest BCUT2D eigenvalue weighted by Crippen LogP contribution is 2.43. The van der Waals surface area contributed by atoms with Crippen LogP contribution in [0.5, 0.6) is 0 Å². The molecule has 4 N–H and O–H groups in total. The quantitative estimate of drug-likeness (QED) is 0.351. The number of aromatic amines is 1. The van der Waals surface area contributed by atoms with Crippen molar-refractivity contribution in [1.29, 1.82) is 0 Å². The first-order valence-electron chi connectivity index (χ1n) is 13.9.